The lowest BCUT2D eigenvalue weighted by atomic mass is 10.0. The largest absolute Gasteiger partial charge is 0.508 e. The Kier molecular flexibility index (Phi) is 3.12. The SMILES string of the molecule is CC(CN)c1cc(F)c(Cl)cc1O. The molecule has 0 bridgehead atoms. The molecule has 0 aliphatic rings. The van der Waals surface area contributed by atoms with Gasteiger partial charge in [0.1, 0.15) is 11.6 Å². The smallest absolute Gasteiger partial charge is 0.142 e. The minimum absolute atomic E-state index is 0.00986. The molecule has 0 saturated carbocycles. The summed E-state index contributed by atoms with van der Waals surface area (Å²) in [5.74, 6) is -0.620. The highest BCUT2D eigenvalue weighted by Gasteiger charge is 2.12. The van der Waals surface area contributed by atoms with E-state index in [1.807, 2.05) is 6.92 Å². The van der Waals surface area contributed by atoms with Crippen molar-refractivity contribution in [3.8, 4) is 5.75 Å². The number of halogens is 2. The van der Waals surface area contributed by atoms with Crippen LogP contribution in [-0.2, 0) is 0 Å². The van der Waals surface area contributed by atoms with Gasteiger partial charge in [0, 0.05) is 11.6 Å². The van der Waals surface area contributed by atoms with Crippen LogP contribution in [0.2, 0.25) is 5.02 Å². The average molecular weight is 204 g/mol. The van der Waals surface area contributed by atoms with Gasteiger partial charge in [-0.3, -0.25) is 0 Å². The molecule has 0 radical (unpaired) electrons. The summed E-state index contributed by atoms with van der Waals surface area (Å²) in [6.45, 7) is 2.16. The Morgan fingerprint density at radius 1 is 1.62 bits per heavy atom. The molecule has 0 saturated heterocycles. The molecule has 0 heterocycles. The Labute approximate surface area is 81.1 Å². The predicted octanol–water partition coefficient (Wildman–Crippen LogP) is 2.25. The Hall–Kier alpha value is -0.800. The summed E-state index contributed by atoms with van der Waals surface area (Å²) in [4.78, 5) is 0. The minimum atomic E-state index is -0.533. The Bertz CT molecular complexity index is 317. The number of nitrogens with two attached hydrogens (primary N) is 1. The van der Waals surface area contributed by atoms with Crippen LogP contribution in [0, 0.1) is 5.82 Å². The third-order valence-electron chi connectivity index (χ3n) is 1.95. The van der Waals surface area contributed by atoms with Gasteiger partial charge >= 0.3 is 0 Å². The van der Waals surface area contributed by atoms with Crippen LogP contribution >= 0.6 is 11.6 Å². The van der Waals surface area contributed by atoms with Crippen molar-refractivity contribution in [2.75, 3.05) is 6.54 Å². The molecule has 0 aromatic heterocycles. The first-order valence-corrected chi connectivity index (χ1v) is 4.32. The van der Waals surface area contributed by atoms with Crippen molar-refractivity contribution >= 4 is 11.6 Å². The van der Waals surface area contributed by atoms with Crippen molar-refractivity contribution in [1.29, 1.82) is 0 Å². The fraction of sp³-hybridized carbons (Fsp3) is 0.333. The van der Waals surface area contributed by atoms with E-state index >= 15 is 0 Å². The molecule has 1 atom stereocenters. The van der Waals surface area contributed by atoms with Crippen molar-refractivity contribution in [3.05, 3.63) is 28.5 Å². The fourth-order valence-electron chi connectivity index (χ4n) is 1.07. The number of aromatic hydroxyl groups is 1. The van der Waals surface area contributed by atoms with Gasteiger partial charge < -0.3 is 10.8 Å². The average Bonchev–Trinajstić information content (AvgIpc) is 2.10. The summed E-state index contributed by atoms with van der Waals surface area (Å²) in [6.07, 6.45) is 0. The van der Waals surface area contributed by atoms with E-state index in [0.29, 0.717) is 12.1 Å². The van der Waals surface area contributed by atoms with E-state index in [1.165, 1.54) is 12.1 Å². The first-order valence-electron chi connectivity index (χ1n) is 3.94. The van der Waals surface area contributed by atoms with Gasteiger partial charge in [-0.15, -0.1) is 0 Å². The van der Waals surface area contributed by atoms with Crippen LogP contribution in [0.1, 0.15) is 18.4 Å². The minimum Gasteiger partial charge on any atom is -0.508 e. The molecule has 2 nitrogen and oxygen atoms in total. The van der Waals surface area contributed by atoms with E-state index in [9.17, 15) is 9.50 Å². The molecule has 0 fully saturated rings. The van der Waals surface area contributed by atoms with Crippen LogP contribution in [0.5, 0.6) is 5.75 Å². The highest BCUT2D eigenvalue weighted by Crippen LogP contribution is 2.30. The second-order valence-corrected chi connectivity index (χ2v) is 3.37. The van der Waals surface area contributed by atoms with E-state index < -0.39 is 5.82 Å². The van der Waals surface area contributed by atoms with Crippen LogP contribution in [0.15, 0.2) is 12.1 Å². The standard InChI is InChI=1S/C9H11ClFNO/c1-5(4-12)6-2-8(11)7(10)3-9(6)13/h2-3,5,13H,4,12H2,1H3. The molecule has 1 aromatic rings. The zero-order valence-electron chi connectivity index (χ0n) is 7.22. The summed E-state index contributed by atoms with van der Waals surface area (Å²) in [5, 5.41) is 9.33. The molecule has 13 heavy (non-hydrogen) atoms. The summed E-state index contributed by atoms with van der Waals surface area (Å²) in [7, 11) is 0. The monoisotopic (exact) mass is 203 g/mol. The quantitative estimate of drug-likeness (QED) is 0.775. The molecule has 1 aromatic carbocycles. The van der Waals surface area contributed by atoms with Crippen LogP contribution in [0.25, 0.3) is 0 Å². The van der Waals surface area contributed by atoms with Gasteiger partial charge in [-0.2, -0.15) is 0 Å². The van der Waals surface area contributed by atoms with Crippen molar-refractivity contribution in [2.24, 2.45) is 5.73 Å². The van der Waals surface area contributed by atoms with Crippen molar-refractivity contribution in [1.82, 2.24) is 0 Å². The molecule has 3 N–H and O–H groups in total. The molecule has 4 heteroatoms. The Morgan fingerprint density at radius 3 is 2.77 bits per heavy atom. The fourth-order valence-corrected chi connectivity index (χ4v) is 1.23. The Morgan fingerprint density at radius 2 is 2.23 bits per heavy atom. The Balaban J connectivity index is 3.15. The topological polar surface area (TPSA) is 46.2 Å². The molecule has 0 amide bonds. The number of hydrogen-bond donors (Lipinski definition) is 2. The third-order valence-corrected chi connectivity index (χ3v) is 2.24. The predicted molar refractivity (Wildman–Crippen MR) is 50.5 cm³/mol. The van der Waals surface area contributed by atoms with Crippen LogP contribution in [0.3, 0.4) is 0 Å². The van der Waals surface area contributed by atoms with Gasteiger partial charge in [0.25, 0.3) is 0 Å². The van der Waals surface area contributed by atoms with E-state index in [2.05, 4.69) is 0 Å². The van der Waals surface area contributed by atoms with Crippen molar-refractivity contribution in [3.63, 3.8) is 0 Å². The van der Waals surface area contributed by atoms with E-state index in [4.69, 9.17) is 17.3 Å². The lowest BCUT2D eigenvalue weighted by Gasteiger charge is -2.11. The summed E-state index contributed by atoms with van der Waals surface area (Å²) < 4.78 is 13.0. The summed E-state index contributed by atoms with van der Waals surface area (Å²) >= 11 is 5.47. The summed E-state index contributed by atoms with van der Waals surface area (Å²) in [5.41, 5.74) is 5.88. The molecule has 72 valence electrons. The first-order chi connectivity index (χ1) is 6.06. The highest BCUT2D eigenvalue weighted by molar-refractivity contribution is 6.30. The summed E-state index contributed by atoms with van der Waals surface area (Å²) in [6, 6.07) is 2.41. The zero-order chi connectivity index (χ0) is 10.0. The maximum atomic E-state index is 13.0. The van der Waals surface area contributed by atoms with Gasteiger partial charge in [-0.1, -0.05) is 18.5 Å². The number of rotatable bonds is 2. The number of phenolic OH excluding ortho intramolecular Hbond substituents is 1. The lowest BCUT2D eigenvalue weighted by molar-refractivity contribution is 0.460. The van der Waals surface area contributed by atoms with Gasteiger partial charge in [0.2, 0.25) is 0 Å². The number of hydrogen-bond acceptors (Lipinski definition) is 2. The van der Waals surface area contributed by atoms with Crippen molar-refractivity contribution < 1.29 is 9.50 Å². The van der Waals surface area contributed by atoms with Gasteiger partial charge in [0.05, 0.1) is 5.02 Å². The molecule has 1 unspecified atom stereocenters. The molecular weight excluding hydrogens is 193 g/mol. The van der Waals surface area contributed by atoms with Crippen molar-refractivity contribution in [2.45, 2.75) is 12.8 Å². The third kappa shape index (κ3) is 2.11. The second-order valence-electron chi connectivity index (χ2n) is 2.96. The molecule has 0 aliphatic carbocycles. The van der Waals surface area contributed by atoms with E-state index in [0.717, 1.165) is 0 Å². The maximum absolute atomic E-state index is 13.0. The maximum Gasteiger partial charge on any atom is 0.142 e. The molecular formula is C9H11ClFNO. The van der Waals surface area contributed by atoms with Gasteiger partial charge in [-0.05, 0) is 18.5 Å². The number of benzene rings is 1. The van der Waals surface area contributed by atoms with E-state index in [1.54, 1.807) is 0 Å². The van der Waals surface area contributed by atoms with Crippen LogP contribution in [0.4, 0.5) is 4.39 Å². The lowest BCUT2D eigenvalue weighted by Crippen LogP contribution is -2.09. The zero-order valence-corrected chi connectivity index (χ0v) is 7.98. The normalized spacial score (nSPS) is 12.9. The first kappa shape index (κ1) is 10.3. The number of phenols is 1. The van der Waals surface area contributed by atoms with Crippen LogP contribution in [-0.4, -0.2) is 11.7 Å². The van der Waals surface area contributed by atoms with Gasteiger partial charge in [0.15, 0.2) is 0 Å². The molecule has 0 aliphatic heterocycles. The highest BCUT2D eigenvalue weighted by atomic mass is 35.5. The molecule has 1 rings (SSSR count). The van der Waals surface area contributed by atoms with E-state index in [-0.39, 0.29) is 16.7 Å². The van der Waals surface area contributed by atoms with Gasteiger partial charge in [-0.25, -0.2) is 4.39 Å². The second kappa shape index (κ2) is 3.94. The molecule has 0 spiro atoms. The van der Waals surface area contributed by atoms with Crippen LogP contribution < -0.4 is 5.73 Å².